The second kappa shape index (κ2) is 6.18. The van der Waals surface area contributed by atoms with Crippen molar-refractivity contribution in [3.63, 3.8) is 0 Å². The van der Waals surface area contributed by atoms with Gasteiger partial charge in [0, 0.05) is 19.0 Å². The quantitative estimate of drug-likeness (QED) is 0.585. The molecule has 0 bridgehead atoms. The number of hydrogen-bond acceptors (Lipinski definition) is 5. The third-order valence-electron chi connectivity index (χ3n) is 2.93. The predicted octanol–water partition coefficient (Wildman–Crippen LogP) is -1.65. The molecule has 1 rings (SSSR count). The molecule has 1 amide bonds. The third-order valence-corrected chi connectivity index (χ3v) is 4.68. The number of aliphatic hydroxyl groups is 1. The smallest absolute Gasteiger partial charge is 0.240 e. The van der Waals surface area contributed by atoms with E-state index in [-0.39, 0.29) is 31.1 Å². The first-order valence-electron chi connectivity index (χ1n) is 5.72. The summed E-state index contributed by atoms with van der Waals surface area (Å²) in [7, 11) is -3.09. The summed E-state index contributed by atoms with van der Waals surface area (Å²) >= 11 is 0. The molecule has 0 saturated carbocycles. The second-order valence-corrected chi connectivity index (χ2v) is 6.56. The lowest BCUT2D eigenvalue weighted by Gasteiger charge is -2.29. The van der Waals surface area contributed by atoms with E-state index in [9.17, 15) is 13.2 Å². The Morgan fingerprint density at radius 2 is 2.28 bits per heavy atom. The maximum Gasteiger partial charge on any atom is 0.240 e. The molecule has 2 atom stereocenters. The van der Waals surface area contributed by atoms with Crippen LogP contribution in [0.15, 0.2) is 0 Å². The Kier molecular flexibility index (Phi) is 5.14. The molecule has 18 heavy (non-hydrogen) atoms. The predicted molar refractivity (Wildman–Crippen MR) is 67.3 cm³/mol. The monoisotopic (exact) mass is 274 g/mol. The summed E-state index contributed by atoms with van der Waals surface area (Å²) in [5, 5.41) is 8.96. The van der Waals surface area contributed by atoms with Crippen molar-refractivity contribution in [1.82, 2.24) is 4.90 Å². The molecule has 0 radical (unpaired) electrons. The molecule has 0 aromatic carbocycles. The van der Waals surface area contributed by atoms with E-state index in [2.05, 4.69) is 5.92 Å². The molecule has 0 aliphatic carbocycles. The first-order valence-corrected chi connectivity index (χ1v) is 7.54. The molecule has 7 heteroatoms. The van der Waals surface area contributed by atoms with Crippen molar-refractivity contribution in [2.24, 2.45) is 5.73 Å². The minimum absolute atomic E-state index is 0.0667. The summed E-state index contributed by atoms with van der Waals surface area (Å²) < 4.78 is 22.8. The number of rotatable bonds is 5. The van der Waals surface area contributed by atoms with E-state index in [0.29, 0.717) is 6.42 Å². The van der Waals surface area contributed by atoms with Crippen molar-refractivity contribution in [2.45, 2.75) is 24.9 Å². The highest BCUT2D eigenvalue weighted by Crippen LogP contribution is 2.18. The van der Waals surface area contributed by atoms with Crippen LogP contribution in [-0.2, 0) is 14.6 Å². The van der Waals surface area contributed by atoms with Gasteiger partial charge in [-0.1, -0.05) is 0 Å². The van der Waals surface area contributed by atoms with Crippen LogP contribution in [0.4, 0.5) is 0 Å². The molecule has 2 unspecified atom stereocenters. The van der Waals surface area contributed by atoms with Gasteiger partial charge >= 0.3 is 0 Å². The van der Waals surface area contributed by atoms with E-state index in [1.165, 1.54) is 4.90 Å². The van der Waals surface area contributed by atoms with Gasteiger partial charge in [-0.05, 0) is 6.42 Å². The average molecular weight is 274 g/mol. The number of terminal acetylenes is 1. The Labute approximate surface area is 107 Å². The van der Waals surface area contributed by atoms with Crippen LogP contribution in [0.25, 0.3) is 0 Å². The summed E-state index contributed by atoms with van der Waals surface area (Å²) in [5.74, 6) is 1.90. The van der Waals surface area contributed by atoms with E-state index >= 15 is 0 Å². The minimum Gasteiger partial charge on any atom is -0.395 e. The largest absolute Gasteiger partial charge is 0.395 e. The first kappa shape index (κ1) is 15.0. The highest BCUT2D eigenvalue weighted by Gasteiger charge is 2.35. The maximum atomic E-state index is 12.0. The van der Waals surface area contributed by atoms with Gasteiger partial charge in [0.05, 0.1) is 24.2 Å². The van der Waals surface area contributed by atoms with Gasteiger partial charge < -0.3 is 15.7 Å². The number of sulfone groups is 1. The number of amides is 1. The highest BCUT2D eigenvalue weighted by atomic mass is 32.2. The Morgan fingerprint density at radius 1 is 1.61 bits per heavy atom. The average Bonchev–Trinajstić information content (AvgIpc) is 2.66. The van der Waals surface area contributed by atoms with Gasteiger partial charge in [-0.15, -0.1) is 12.3 Å². The zero-order chi connectivity index (χ0) is 13.8. The Hall–Kier alpha value is -1.10. The topological polar surface area (TPSA) is 101 Å². The van der Waals surface area contributed by atoms with Crippen molar-refractivity contribution in [3.05, 3.63) is 0 Å². The fraction of sp³-hybridized carbons (Fsp3) is 0.727. The minimum atomic E-state index is -3.09. The molecule has 1 aliphatic rings. The number of nitrogens with two attached hydrogens (primary N) is 1. The van der Waals surface area contributed by atoms with Gasteiger partial charge in [0.15, 0.2) is 9.84 Å². The van der Waals surface area contributed by atoms with Crippen LogP contribution in [0.3, 0.4) is 0 Å². The fourth-order valence-corrected chi connectivity index (χ4v) is 3.76. The van der Waals surface area contributed by atoms with Crippen LogP contribution in [-0.4, -0.2) is 61.1 Å². The summed E-state index contributed by atoms with van der Waals surface area (Å²) in [4.78, 5) is 13.4. The van der Waals surface area contributed by atoms with Crippen molar-refractivity contribution < 1.29 is 18.3 Å². The Balaban J connectivity index is 2.77. The molecule has 1 heterocycles. The Bertz CT molecular complexity index is 440. The molecule has 3 N–H and O–H groups in total. The van der Waals surface area contributed by atoms with Gasteiger partial charge in [0.1, 0.15) is 0 Å². The standard InChI is InChI=1S/C11H18N2O4S/c1-2-3-10(12)11(15)13(5-6-14)9-4-7-18(16,17)8-9/h1,9-10,14H,3-8,12H2. The zero-order valence-electron chi connectivity index (χ0n) is 10.1. The lowest BCUT2D eigenvalue weighted by Crippen LogP contribution is -2.50. The van der Waals surface area contributed by atoms with E-state index < -0.39 is 27.8 Å². The molecule has 1 aliphatic heterocycles. The summed E-state index contributed by atoms with van der Waals surface area (Å²) in [6.07, 6.45) is 5.58. The molecule has 0 aromatic rings. The van der Waals surface area contributed by atoms with E-state index in [4.69, 9.17) is 17.3 Å². The SMILES string of the molecule is C#CCC(N)C(=O)N(CCO)C1CCS(=O)(=O)C1. The molecule has 1 fully saturated rings. The van der Waals surface area contributed by atoms with Gasteiger partial charge in [-0.3, -0.25) is 4.79 Å². The van der Waals surface area contributed by atoms with Crippen LogP contribution in [0.1, 0.15) is 12.8 Å². The number of carbonyl (C=O) groups excluding carboxylic acids is 1. The van der Waals surface area contributed by atoms with Crippen molar-refractivity contribution in [1.29, 1.82) is 0 Å². The first-order chi connectivity index (χ1) is 8.41. The van der Waals surface area contributed by atoms with Gasteiger partial charge in [0.25, 0.3) is 0 Å². The van der Waals surface area contributed by atoms with Crippen LogP contribution in [0.2, 0.25) is 0 Å². The molecular weight excluding hydrogens is 256 g/mol. The third kappa shape index (κ3) is 3.70. The summed E-state index contributed by atoms with van der Waals surface area (Å²) in [6.45, 7) is -0.150. The molecule has 102 valence electrons. The fourth-order valence-electron chi connectivity index (χ4n) is 2.03. The van der Waals surface area contributed by atoms with Crippen LogP contribution in [0.5, 0.6) is 0 Å². The maximum absolute atomic E-state index is 12.0. The van der Waals surface area contributed by atoms with Crippen LogP contribution < -0.4 is 5.73 Å². The molecule has 1 saturated heterocycles. The normalized spacial score (nSPS) is 23.3. The van der Waals surface area contributed by atoms with Gasteiger partial charge in [0.2, 0.25) is 5.91 Å². The molecule has 0 spiro atoms. The van der Waals surface area contributed by atoms with E-state index in [1.807, 2.05) is 0 Å². The zero-order valence-corrected chi connectivity index (χ0v) is 10.9. The molecule has 0 aromatic heterocycles. The molecule has 6 nitrogen and oxygen atoms in total. The van der Waals surface area contributed by atoms with Gasteiger partial charge in [-0.2, -0.15) is 0 Å². The number of hydrogen-bond donors (Lipinski definition) is 2. The highest BCUT2D eigenvalue weighted by molar-refractivity contribution is 7.91. The lowest BCUT2D eigenvalue weighted by atomic mass is 10.1. The van der Waals surface area contributed by atoms with Crippen molar-refractivity contribution in [2.75, 3.05) is 24.7 Å². The lowest BCUT2D eigenvalue weighted by molar-refractivity contribution is -0.134. The van der Waals surface area contributed by atoms with E-state index in [0.717, 1.165) is 0 Å². The van der Waals surface area contributed by atoms with Crippen molar-refractivity contribution in [3.8, 4) is 12.3 Å². The summed E-state index contributed by atoms with van der Waals surface area (Å²) in [5.41, 5.74) is 5.63. The Morgan fingerprint density at radius 3 is 2.72 bits per heavy atom. The molecular formula is C11H18N2O4S. The van der Waals surface area contributed by atoms with Crippen LogP contribution in [0, 0.1) is 12.3 Å². The van der Waals surface area contributed by atoms with E-state index in [1.54, 1.807) is 0 Å². The van der Waals surface area contributed by atoms with Gasteiger partial charge in [-0.25, -0.2) is 8.42 Å². The summed E-state index contributed by atoms with van der Waals surface area (Å²) in [6, 6.07) is -1.25. The van der Waals surface area contributed by atoms with Crippen molar-refractivity contribution >= 4 is 15.7 Å². The number of nitrogens with zero attached hydrogens (tertiary/aromatic N) is 1. The number of aliphatic hydroxyl groups excluding tert-OH is 1. The number of carbonyl (C=O) groups is 1. The second-order valence-electron chi connectivity index (χ2n) is 4.33. The van der Waals surface area contributed by atoms with Crippen LogP contribution >= 0.6 is 0 Å².